The summed E-state index contributed by atoms with van der Waals surface area (Å²) >= 11 is 5.64. The lowest BCUT2D eigenvalue weighted by Gasteiger charge is -2.36. The monoisotopic (exact) mass is 328 g/mol. The van der Waals surface area contributed by atoms with Crippen LogP contribution in [0.25, 0.3) is 0 Å². The van der Waals surface area contributed by atoms with Crippen molar-refractivity contribution in [3.63, 3.8) is 0 Å². The van der Waals surface area contributed by atoms with Gasteiger partial charge < -0.3 is 14.9 Å². The molecule has 122 valence electrons. The lowest BCUT2D eigenvalue weighted by molar-refractivity contribution is -0.140. The van der Waals surface area contributed by atoms with Gasteiger partial charge in [0.2, 0.25) is 5.91 Å². The number of carbonyl (C=O) groups excluding carboxylic acids is 1. The van der Waals surface area contributed by atoms with Crippen LogP contribution in [-0.2, 0) is 16.0 Å². The molecule has 0 saturated heterocycles. The molecule has 1 amide bonds. The minimum atomic E-state index is -0.799. The Morgan fingerprint density at radius 2 is 2.09 bits per heavy atom. The van der Waals surface area contributed by atoms with Crippen molar-refractivity contribution >= 4 is 23.5 Å². The van der Waals surface area contributed by atoms with E-state index in [1.165, 1.54) is 0 Å². The zero-order chi connectivity index (χ0) is 16.0. The second-order valence-corrected chi connectivity index (χ2v) is 6.41. The maximum Gasteiger partial charge on any atom is 0.303 e. The summed E-state index contributed by atoms with van der Waals surface area (Å²) in [6, 6.07) is 1.59. The first-order valence-corrected chi connectivity index (χ1v) is 7.96. The van der Waals surface area contributed by atoms with Gasteiger partial charge in [-0.2, -0.15) is 0 Å². The summed E-state index contributed by atoms with van der Waals surface area (Å²) in [5.74, 6) is -0.339. The molecule has 0 spiro atoms. The van der Waals surface area contributed by atoms with E-state index in [0.29, 0.717) is 18.7 Å². The highest BCUT2D eigenvalue weighted by atomic mass is 35.5. The predicted octanol–water partition coefficient (Wildman–Crippen LogP) is 2.80. The summed E-state index contributed by atoms with van der Waals surface area (Å²) in [4.78, 5) is 23.0. The molecule has 0 radical (unpaired) electrons. The zero-order valence-electron chi connectivity index (χ0n) is 12.4. The first-order valence-electron chi connectivity index (χ1n) is 7.59. The number of carboxylic acid groups (broad SMARTS) is 1. The van der Waals surface area contributed by atoms with Crippen LogP contribution in [0.3, 0.4) is 0 Å². The Hall–Kier alpha value is -1.56. The van der Waals surface area contributed by atoms with Crippen LogP contribution in [-0.4, -0.2) is 28.7 Å². The Bertz CT molecular complexity index is 523. The number of nitrogens with one attached hydrogen (secondary N) is 1. The van der Waals surface area contributed by atoms with Crippen LogP contribution in [0.5, 0.6) is 0 Å². The van der Waals surface area contributed by atoms with Gasteiger partial charge in [0.15, 0.2) is 5.15 Å². The third-order valence-electron chi connectivity index (χ3n) is 4.23. The molecule has 2 N–H and O–H groups in total. The second-order valence-electron chi connectivity index (χ2n) is 6.02. The van der Waals surface area contributed by atoms with Crippen molar-refractivity contribution in [2.45, 2.75) is 51.4 Å². The van der Waals surface area contributed by atoms with Crippen LogP contribution in [0, 0.1) is 5.41 Å². The molecule has 0 aliphatic heterocycles. The van der Waals surface area contributed by atoms with E-state index in [9.17, 15) is 9.59 Å². The quantitative estimate of drug-likeness (QED) is 0.803. The number of hydrogen-bond acceptors (Lipinski definition) is 4. The fourth-order valence-electron chi connectivity index (χ4n) is 3.06. The summed E-state index contributed by atoms with van der Waals surface area (Å²) in [6.07, 6.45) is 5.73. The predicted molar refractivity (Wildman–Crippen MR) is 80.6 cm³/mol. The first kappa shape index (κ1) is 16.8. The molecular formula is C15H21ClN2O4. The van der Waals surface area contributed by atoms with Crippen molar-refractivity contribution in [2.75, 3.05) is 6.54 Å². The van der Waals surface area contributed by atoms with Crippen molar-refractivity contribution < 1.29 is 19.2 Å². The zero-order valence-corrected chi connectivity index (χ0v) is 13.2. The van der Waals surface area contributed by atoms with E-state index >= 15 is 0 Å². The van der Waals surface area contributed by atoms with Crippen molar-refractivity contribution in [1.82, 2.24) is 10.5 Å². The summed E-state index contributed by atoms with van der Waals surface area (Å²) in [5.41, 5.74) is -0.296. The van der Waals surface area contributed by atoms with Crippen LogP contribution in [0.2, 0.25) is 5.15 Å². The lowest BCUT2D eigenvalue weighted by atomic mass is 9.71. The molecular weight excluding hydrogens is 308 g/mol. The van der Waals surface area contributed by atoms with E-state index in [1.807, 2.05) is 0 Å². The largest absolute Gasteiger partial charge is 0.481 e. The molecule has 0 aromatic carbocycles. The third kappa shape index (κ3) is 5.02. The standard InChI is InChI=1S/C15H21ClN2O4/c16-12-8-11(22-18-12)4-5-13(19)17-10-15(9-14(20)21)6-2-1-3-7-15/h8H,1-7,9-10H2,(H,17,19)(H,20,21). The molecule has 1 aliphatic carbocycles. The number of carboxylic acids is 1. The average molecular weight is 329 g/mol. The highest BCUT2D eigenvalue weighted by Crippen LogP contribution is 2.38. The Morgan fingerprint density at radius 1 is 1.36 bits per heavy atom. The van der Waals surface area contributed by atoms with Gasteiger partial charge in [0.1, 0.15) is 5.76 Å². The van der Waals surface area contributed by atoms with Crippen molar-refractivity contribution in [3.05, 3.63) is 17.0 Å². The molecule has 1 aliphatic rings. The van der Waals surface area contributed by atoms with Gasteiger partial charge in [0, 0.05) is 25.5 Å². The number of nitrogens with zero attached hydrogens (tertiary/aromatic N) is 1. The van der Waals surface area contributed by atoms with Gasteiger partial charge in [0.25, 0.3) is 0 Å². The molecule has 0 unspecified atom stereocenters. The van der Waals surface area contributed by atoms with Crippen LogP contribution < -0.4 is 5.32 Å². The number of halogens is 1. The highest BCUT2D eigenvalue weighted by Gasteiger charge is 2.34. The molecule has 2 rings (SSSR count). The number of aryl methyl sites for hydroxylation is 1. The molecule has 1 saturated carbocycles. The number of hydrogen-bond donors (Lipinski definition) is 2. The van der Waals surface area contributed by atoms with E-state index < -0.39 is 5.97 Å². The molecule has 1 aromatic heterocycles. The van der Waals surface area contributed by atoms with Crippen molar-refractivity contribution in [2.24, 2.45) is 5.41 Å². The third-order valence-corrected chi connectivity index (χ3v) is 4.41. The topological polar surface area (TPSA) is 92.4 Å². The van der Waals surface area contributed by atoms with E-state index in [1.54, 1.807) is 6.07 Å². The maximum atomic E-state index is 11.9. The summed E-state index contributed by atoms with van der Waals surface area (Å²) in [6.45, 7) is 0.426. The van der Waals surface area contributed by atoms with Crippen LogP contribution in [0.15, 0.2) is 10.6 Å². The minimum Gasteiger partial charge on any atom is -0.481 e. The van der Waals surface area contributed by atoms with E-state index in [-0.39, 0.29) is 29.3 Å². The van der Waals surface area contributed by atoms with Gasteiger partial charge in [-0.1, -0.05) is 36.0 Å². The molecule has 1 heterocycles. The minimum absolute atomic E-state index is 0.108. The summed E-state index contributed by atoms with van der Waals surface area (Å²) < 4.78 is 4.94. The van der Waals surface area contributed by atoms with Crippen LogP contribution in [0.4, 0.5) is 0 Å². The van der Waals surface area contributed by atoms with E-state index in [4.69, 9.17) is 21.2 Å². The average Bonchev–Trinajstić information content (AvgIpc) is 2.89. The number of rotatable bonds is 7. The molecule has 0 bridgehead atoms. The Labute approximate surface area is 134 Å². The van der Waals surface area contributed by atoms with Gasteiger partial charge in [-0.05, 0) is 18.3 Å². The maximum absolute atomic E-state index is 11.9. The van der Waals surface area contributed by atoms with Crippen LogP contribution >= 0.6 is 11.6 Å². The molecule has 1 aromatic rings. The molecule has 0 atom stereocenters. The molecule has 6 nitrogen and oxygen atoms in total. The number of aliphatic carboxylic acids is 1. The highest BCUT2D eigenvalue weighted by molar-refractivity contribution is 6.29. The van der Waals surface area contributed by atoms with Gasteiger partial charge >= 0.3 is 5.97 Å². The van der Waals surface area contributed by atoms with Gasteiger partial charge in [0.05, 0.1) is 6.42 Å². The molecule has 7 heteroatoms. The molecule has 22 heavy (non-hydrogen) atoms. The van der Waals surface area contributed by atoms with E-state index in [0.717, 1.165) is 32.1 Å². The Morgan fingerprint density at radius 3 is 2.68 bits per heavy atom. The SMILES string of the molecule is O=C(O)CC1(CNC(=O)CCc2cc(Cl)no2)CCCCC1. The summed E-state index contributed by atoms with van der Waals surface area (Å²) in [5, 5.41) is 15.8. The van der Waals surface area contributed by atoms with Crippen LogP contribution in [0.1, 0.15) is 50.7 Å². The summed E-state index contributed by atoms with van der Waals surface area (Å²) in [7, 11) is 0. The van der Waals surface area contributed by atoms with Gasteiger partial charge in [-0.15, -0.1) is 0 Å². The fraction of sp³-hybridized carbons (Fsp3) is 0.667. The van der Waals surface area contributed by atoms with E-state index in [2.05, 4.69) is 10.5 Å². The fourth-order valence-corrected chi connectivity index (χ4v) is 3.21. The lowest BCUT2D eigenvalue weighted by Crippen LogP contribution is -2.40. The van der Waals surface area contributed by atoms with Crippen molar-refractivity contribution in [3.8, 4) is 0 Å². The number of carbonyl (C=O) groups is 2. The Kier molecular flexibility index (Phi) is 5.83. The number of amides is 1. The molecule has 1 fully saturated rings. The first-order chi connectivity index (χ1) is 10.5. The normalized spacial score (nSPS) is 17.1. The van der Waals surface area contributed by atoms with Gasteiger partial charge in [-0.25, -0.2) is 0 Å². The van der Waals surface area contributed by atoms with Crippen molar-refractivity contribution in [1.29, 1.82) is 0 Å². The smallest absolute Gasteiger partial charge is 0.303 e. The number of aromatic nitrogens is 1. The Balaban J connectivity index is 1.80. The van der Waals surface area contributed by atoms with Gasteiger partial charge in [-0.3, -0.25) is 9.59 Å². The second kappa shape index (κ2) is 7.63.